The summed E-state index contributed by atoms with van der Waals surface area (Å²) in [5, 5.41) is 0.290. The molecular formula is C17H12ClNO4. The summed E-state index contributed by atoms with van der Waals surface area (Å²) in [6.07, 6.45) is 0. The fraction of sp³-hybridized carbons (Fsp3) is 0.118. The van der Waals surface area contributed by atoms with Gasteiger partial charge in [-0.05, 0) is 24.3 Å². The number of fused-ring (bicyclic) bond motifs is 1. The highest BCUT2D eigenvalue weighted by molar-refractivity contribution is 6.33. The van der Waals surface area contributed by atoms with Crippen molar-refractivity contribution in [3.63, 3.8) is 0 Å². The summed E-state index contributed by atoms with van der Waals surface area (Å²) >= 11 is 5.91. The molecule has 0 aliphatic carbocycles. The molecule has 0 spiro atoms. The molecule has 2 aromatic rings. The Morgan fingerprint density at radius 3 is 2.13 bits per heavy atom. The van der Waals surface area contributed by atoms with Crippen molar-refractivity contribution in [2.75, 3.05) is 13.2 Å². The average Bonchev–Trinajstić information content (AvgIpc) is 2.80. The Hall–Kier alpha value is -2.66. The second-order valence-corrected chi connectivity index (χ2v) is 5.33. The van der Waals surface area contributed by atoms with Gasteiger partial charge < -0.3 is 4.74 Å². The maximum Gasteiger partial charge on any atom is 0.339 e. The number of hydrogen-bond acceptors (Lipinski definition) is 4. The van der Waals surface area contributed by atoms with Gasteiger partial charge in [-0.1, -0.05) is 35.9 Å². The van der Waals surface area contributed by atoms with Crippen molar-refractivity contribution in [3.05, 3.63) is 70.2 Å². The van der Waals surface area contributed by atoms with Crippen LogP contribution in [0.4, 0.5) is 0 Å². The second kappa shape index (κ2) is 6.22. The number of esters is 1. The van der Waals surface area contributed by atoms with Gasteiger partial charge in [-0.3, -0.25) is 14.5 Å². The summed E-state index contributed by atoms with van der Waals surface area (Å²) in [5.41, 5.74) is 0.987. The minimum atomic E-state index is -0.591. The molecule has 0 N–H and O–H groups in total. The van der Waals surface area contributed by atoms with E-state index in [1.165, 1.54) is 0 Å². The van der Waals surface area contributed by atoms with Crippen LogP contribution < -0.4 is 0 Å². The predicted octanol–water partition coefficient (Wildman–Crippen LogP) is 2.79. The van der Waals surface area contributed by atoms with Crippen LogP contribution in [0.1, 0.15) is 31.1 Å². The number of ether oxygens (including phenoxy) is 1. The van der Waals surface area contributed by atoms with Gasteiger partial charge in [-0.15, -0.1) is 0 Å². The quantitative estimate of drug-likeness (QED) is 0.639. The lowest BCUT2D eigenvalue weighted by Crippen LogP contribution is -2.33. The lowest BCUT2D eigenvalue weighted by molar-refractivity contribution is 0.0420. The molecule has 0 saturated heterocycles. The largest absolute Gasteiger partial charge is 0.460 e. The summed E-state index contributed by atoms with van der Waals surface area (Å²) in [6.45, 7) is -0.0853. The smallest absolute Gasteiger partial charge is 0.339 e. The first-order chi connectivity index (χ1) is 11.1. The number of amides is 2. The average molecular weight is 330 g/mol. The van der Waals surface area contributed by atoms with Crippen molar-refractivity contribution in [2.45, 2.75) is 0 Å². The monoisotopic (exact) mass is 329 g/mol. The SMILES string of the molecule is O=C(OCCN1C(=O)c2ccccc2C1=O)c1ccccc1Cl. The van der Waals surface area contributed by atoms with E-state index in [1.807, 2.05) is 0 Å². The lowest BCUT2D eigenvalue weighted by Gasteiger charge is -2.14. The van der Waals surface area contributed by atoms with Crippen LogP contribution in [0.15, 0.2) is 48.5 Å². The Labute approximate surface area is 137 Å². The van der Waals surface area contributed by atoms with Crippen LogP contribution in [-0.2, 0) is 4.74 Å². The molecule has 2 amide bonds. The molecule has 23 heavy (non-hydrogen) atoms. The number of imide groups is 1. The van der Waals surface area contributed by atoms with Crippen LogP contribution in [0.2, 0.25) is 5.02 Å². The van der Waals surface area contributed by atoms with Crippen molar-refractivity contribution < 1.29 is 19.1 Å². The van der Waals surface area contributed by atoms with Gasteiger partial charge in [0.05, 0.1) is 28.3 Å². The molecule has 116 valence electrons. The number of nitrogens with zero attached hydrogens (tertiary/aromatic N) is 1. The minimum Gasteiger partial charge on any atom is -0.460 e. The van der Waals surface area contributed by atoms with Gasteiger partial charge >= 0.3 is 5.97 Å². The van der Waals surface area contributed by atoms with E-state index in [-0.39, 0.29) is 30.5 Å². The Kier molecular flexibility index (Phi) is 4.12. The fourth-order valence-electron chi connectivity index (χ4n) is 2.38. The van der Waals surface area contributed by atoms with Gasteiger partial charge in [-0.2, -0.15) is 0 Å². The molecular weight excluding hydrogens is 318 g/mol. The molecule has 2 aromatic carbocycles. The van der Waals surface area contributed by atoms with Crippen LogP contribution in [0.25, 0.3) is 0 Å². The summed E-state index contributed by atoms with van der Waals surface area (Å²) < 4.78 is 5.10. The summed E-state index contributed by atoms with van der Waals surface area (Å²) in [7, 11) is 0. The molecule has 1 aliphatic rings. The minimum absolute atomic E-state index is 0.00252. The van der Waals surface area contributed by atoms with Gasteiger partial charge in [0.25, 0.3) is 11.8 Å². The molecule has 3 rings (SSSR count). The fourth-order valence-corrected chi connectivity index (χ4v) is 2.59. The first-order valence-corrected chi connectivity index (χ1v) is 7.34. The third-order valence-corrected chi connectivity index (χ3v) is 3.85. The zero-order chi connectivity index (χ0) is 16.4. The Balaban J connectivity index is 1.62. The number of carbonyl (C=O) groups is 3. The van der Waals surface area contributed by atoms with E-state index in [0.29, 0.717) is 16.1 Å². The second-order valence-electron chi connectivity index (χ2n) is 4.92. The highest BCUT2D eigenvalue weighted by Crippen LogP contribution is 2.22. The van der Waals surface area contributed by atoms with Gasteiger partial charge in [0.2, 0.25) is 0 Å². The topological polar surface area (TPSA) is 63.7 Å². The highest BCUT2D eigenvalue weighted by Gasteiger charge is 2.34. The Morgan fingerprint density at radius 2 is 1.52 bits per heavy atom. The first kappa shape index (κ1) is 15.2. The van der Waals surface area contributed by atoms with E-state index in [0.717, 1.165) is 4.90 Å². The van der Waals surface area contributed by atoms with Crippen molar-refractivity contribution in [1.29, 1.82) is 0 Å². The van der Waals surface area contributed by atoms with Gasteiger partial charge in [0.15, 0.2) is 0 Å². The number of halogens is 1. The molecule has 0 fully saturated rings. The van der Waals surface area contributed by atoms with E-state index in [4.69, 9.17) is 16.3 Å². The normalized spacial score (nSPS) is 13.2. The highest BCUT2D eigenvalue weighted by atomic mass is 35.5. The predicted molar refractivity (Wildman–Crippen MR) is 83.5 cm³/mol. The Morgan fingerprint density at radius 1 is 0.957 bits per heavy atom. The number of rotatable bonds is 4. The maximum absolute atomic E-state index is 12.2. The number of carbonyl (C=O) groups excluding carboxylic acids is 3. The van der Waals surface area contributed by atoms with Crippen LogP contribution in [0, 0.1) is 0 Å². The molecule has 0 aromatic heterocycles. The molecule has 6 heteroatoms. The number of benzene rings is 2. The van der Waals surface area contributed by atoms with Gasteiger partial charge in [0, 0.05) is 0 Å². The van der Waals surface area contributed by atoms with E-state index in [9.17, 15) is 14.4 Å². The van der Waals surface area contributed by atoms with Crippen LogP contribution in [0.5, 0.6) is 0 Å². The van der Waals surface area contributed by atoms with E-state index in [2.05, 4.69) is 0 Å². The van der Waals surface area contributed by atoms with Crippen LogP contribution in [-0.4, -0.2) is 35.8 Å². The molecule has 0 unspecified atom stereocenters. The van der Waals surface area contributed by atoms with E-state index < -0.39 is 5.97 Å². The molecule has 1 heterocycles. The third kappa shape index (κ3) is 2.83. The molecule has 0 radical (unpaired) electrons. The molecule has 0 saturated carbocycles. The zero-order valence-electron chi connectivity index (χ0n) is 12.0. The van der Waals surface area contributed by atoms with Crippen molar-refractivity contribution in [3.8, 4) is 0 Å². The maximum atomic E-state index is 12.2. The standard InChI is InChI=1S/C17H12ClNO4/c18-14-8-4-3-7-13(14)17(22)23-10-9-19-15(20)11-5-1-2-6-12(11)16(19)21/h1-8H,9-10H2. The van der Waals surface area contributed by atoms with Gasteiger partial charge in [-0.25, -0.2) is 4.79 Å². The molecule has 5 nitrogen and oxygen atoms in total. The summed E-state index contributed by atoms with van der Waals surface area (Å²) in [5.74, 6) is -1.34. The lowest BCUT2D eigenvalue weighted by atomic mass is 10.1. The van der Waals surface area contributed by atoms with Crippen molar-refractivity contribution in [1.82, 2.24) is 4.90 Å². The van der Waals surface area contributed by atoms with Crippen molar-refractivity contribution in [2.24, 2.45) is 0 Å². The molecule has 1 aliphatic heterocycles. The van der Waals surface area contributed by atoms with E-state index in [1.54, 1.807) is 48.5 Å². The number of hydrogen-bond donors (Lipinski definition) is 0. The van der Waals surface area contributed by atoms with E-state index >= 15 is 0 Å². The molecule has 0 atom stereocenters. The first-order valence-electron chi connectivity index (χ1n) is 6.96. The van der Waals surface area contributed by atoms with Crippen LogP contribution in [0.3, 0.4) is 0 Å². The van der Waals surface area contributed by atoms with Crippen molar-refractivity contribution >= 4 is 29.4 Å². The third-order valence-electron chi connectivity index (χ3n) is 3.52. The summed E-state index contributed by atoms with van der Waals surface area (Å²) in [4.78, 5) is 37.3. The van der Waals surface area contributed by atoms with Crippen LogP contribution >= 0.6 is 11.6 Å². The Bertz CT molecular complexity index is 768. The molecule has 0 bridgehead atoms. The van der Waals surface area contributed by atoms with Gasteiger partial charge in [0.1, 0.15) is 6.61 Å². The zero-order valence-corrected chi connectivity index (χ0v) is 12.7. The summed E-state index contributed by atoms with van der Waals surface area (Å²) in [6, 6.07) is 13.1.